The average molecular weight is 649 g/mol. The smallest absolute Gasteiger partial charge is 0.0948 e. The molecule has 0 saturated carbocycles. The lowest BCUT2D eigenvalue weighted by Gasteiger charge is -2.29. The first-order valence-electron chi connectivity index (χ1n) is 21.4. The summed E-state index contributed by atoms with van der Waals surface area (Å²) in [5, 5.41) is 0. The van der Waals surface area contributed by atoms with Crippen LogP contribution in [-0.2, 0) is 6.42 Å². The third-order valence-corrected chi connectivity index (χ3v) is 10.8. The van der Waals surface area contributed by atoms with Crippen LogP contribution in [0.5, 0.6) is 0 Å². The van der Waals surface area contributed by atoms with Gasteiger partial charge in [-0.05, 0) is 30.7 Å². The summed E-state index contributed by atoms with van der Waals surface area (Å²) in [6, 6.07) is 11.9. The maximum Gasteiger partial charge on any atom is 0.0948 e. The van der Waals surface area contributed by atoms with E-state index < -0.39 is 0 Å². The van der Waals surface area contributed by atoms with Crippen LogP contribution >= 0.6 is 0 Å². The highest BCUT2D eigenvalue weighted by Crippen LogP contribution is 2.32. The van der Waals surface area contributed by atoms with E-state index in [1.54, 1.807) is 0 Å². The van der Waals surface area contributed by atoms with Crippen molar-refractivity contribution in [3.63, 3.8) is 0 Å². The molecule has 0 aliphatic carbocycles. The van der Waals surface area contributed by atoms with Crippen LogP contribution in [0.2, 0.25) is 0 Å². The van der Waals surface area contributed by atoms with Gasteiger partial charge in [-0.2, -0.15) is 0 Å². The molecule has 2 atom stereocenters. The molecule has 1 heterocycles. The van der Waals surface area contributed by atoms with E-state index in [0.29, 0.717) is 12.0 Å². The minimum atomic E-state index is 0.571. The first-order chi connectivity index (χ1) is 23.3. The molecule has 2 rings (SSSR count). The molecule has 47 heavy (non-hydrogen) atoms. The SMILES string of the molecule is CCCCCCCCCCCCCCCCCCCC(Cc1ccccc1)C(CCCCCCCCCCCCCC)n1ccnc1. The van der Waals surface area contributed by atoms with Crippen molar-refractivity contribution < 1.29 is 0 Å². The Morgan fingerprint density at radius 1 is 0.468 bits per heavy atom. The fourth-order valence-corrected chi connectivity index (χ4v) is 7.77. The van der Waals surface area contributed by atoms with Crippen molar-refractivity contribution in [1.82, 2.24) is 9.55 Å². The minimum Gasteiger partial charge on any atom is -0.334 e. The monoisotopic (exact) mass is 649 g/mol. The molecule has 1 aromatic carbocycles. The van der Waals surface area contributed by atoms with Gasteiger partial charge in [0.2, 0.25) is 0 Å². The quantitative estimate of drug-likeness (QED) is 0.0680. The molecule has 2 nitrogen and oxygen atoms in total. The molecule has 2 unspecified atom stereocenters. The molecule has 1 aromatic heterocycles. The Kier molecular flexibility index (Phi) is 28.0. The predicted octanol–water partition coefficient (Wildman–Crippen LogP) is 15.4. The molecular weight excluding hydrogens is 569 g/mol. The fourth-order valence-electron chi connectivity index (χ4n) is 7.77. The maximum atomic E-state index is 4.49. The second-order valence-corrected chi connectivity index (χ2v) is 15.2. The van der Waals surface area contributed by atoms with Crippen molar-refractivity contribution in [3.05, 3.63) is 54.6 Å². The van der Waals surface area contributed by atoms with Gasteiger partial charge in [0, 0.05) is 18.4 Å². The highest BCUT2D eigenvalue weighted by atomic mass is 15.1. The number of benzene rings is 1. The molecule has 0 amide bonds. The Morgan fingerprint density at radius 3 is 1.23 bits per heavy atom. The Morgan fingerprint density at radius 2 is 0.851 bits per heavy atom. The number of aromatic nitrogens is 2. The molecule has 2 aromatic rings. The van der Waals surface area contributed by atoms with Crippen molar-refractivity contribution in [2.24, 2.45) is 5.92 Å². The van der Waals surface area contributed by atoms with Gasteiger partial charge in [-0.3, -0.25) is 0 Å². The number of nitrogens with zero attached hydrogens (tertiary/aromatic N) is 2. The minimum absolute atomic E-state index is 0.571. The van der Waals surface area contributed by atoms with Gasteiger partial charge in [-0.1, -0.05) is 230 Å². The topological polar surface area (TPSA) is 17.8 Å². The zero-order valence-corrected chi connectivity index (χ0v) is 31.8. The first-order valence-corrected chi connectivity index (χ1v) is 21.4. The lowest BCUT2D eigenvalue weighted by molar-refractivity contribution is 0.275. The summed E-state index contributed by atoms with van der Waals surface area (Å²) >= 11 is 0. The highest BCUT2D eigenvalue weighted by molar-refractivity contribution is 5.15. The normalized spacial score (nSPS) is 12.9. The van der Waals surface area contributed by atoms with Crippen LogP contribution in [0, 0.1) is 5.92 Å². The molecule has 270 valence electrons. The fraction of sp³-hybridized carbons (Fsp3) is 0.800. The largest absolute Gasteiger partial charge is 0.334 e. The average Bonchev–Trinajstić information content (AvgIpc) is 3.63. The summed E-state index contributed by atoms with van der Waals surface area (Å²) in [4.78, 5) is 4.49. The van der Waals surface area contributed by atoms with Crippen LogP contribution in [0.25, 0.3) is 0 Å². The lowest BCUT2D eigenvalue weighted by atomic mass is 9.84. The standard InChI is InChI=1S/C45H80N2/c1-3-5-7-9-11-13-15-17-18-19-20-21-22-24-26-28-33-37-44(41-43-35-31-30-32-36-43)45(47-40-39-46-42-47)38-34-29-27-25-23-16-14-12-10-8-6-4-2/h30-32,35-36,39-40,42,44-45H,3-29,33-34,37-38,41H2,1-2H3. The van der Waals surface area contributed by atoms with E-state index in [0.717, 1.165) is 0 Å². The Labute approximate surface area is 294 Å². The van der Waals surface area contributed by atoms with Gasteiger partial charge in [0.05, 0.1) is 6.33 Å². The number of hydrogen-bond acceptors (Lipinski definition) is 1. The highest BCUT2D eigenvalue weighted by Gasteiger charge is 2.23. The number of rotatable bonds is 35. The number of hydrogen-bond donors (Lipinski definition) is 0. The predicted molar refractivity (Wildman–Crippen MR) is 209 cm³/mol. The number of imidazole rings is 1. The summed E-state index contributed by atoms with van der Waals surface area (Å²) in [5.74, 6) is 0.690. The summed E-state index contributed by atoms with van der Waals surface area (Å²) in [6.45, 7) is 4.62. The van der Waals surface area contributed by atoms with Crippen LogP contribution in [0.1, 0.15) is 224 Å². The first kappa shape index (κ1) is 41.6. The third-order valence-electron chi connectivity index (χ3n) is 10.8. The van der Waals surface area contributed by atoms with Crippen LogP contribution < -0.4 is 0 Å². The van der Waals surface area contributed by atoms with E-state index in [1.165, 1.54) is 211 Å². The molecule has 0 fully saturated rings. The molecular formula is C45H80N2. The van der Waals surface area contributed by atoms with Crippen LogP contribution in [0.4, 0.5) is 0 Å². The molecule has 0 aliphatic heterocycles. The Bertz CT molecular complexity index is 859. The van der Waals surface area contributed by atoms with E-state index in [-0.39, 0.29) is 0 Å². The Balaban J connectivity index is 1.62. The van der Waals surface area contributed by atoms with Crippen molar-refractivity contribution >= 4 is 0 Å². The van der Waals surface area contributed by atoms with E-state index in [2.05, 4.69) is 66.3 Å². The third kappa shape index (κ3) is 23.4. The van der Waals surface area contributed by atoms with Gasteiger partial charge in [0.1, 0.15) is 0 Å². The van der Waals surface area contributed by atoms with E-state index in [4.69, 9.17) is 0 Å². The van der Waals surface area contributed by atoms with Gasteiger partial charge in [0.25, 0.3) is 0 Å². The zero-order chi connectivity index (χ0) is 33.3. The molecule has 0 N–H and O–H groups in total. The number of unbranched alkanes of at least 4 members (excludes halogenated alkanes) is 27. The zero-order valence-electron chi connectivity index (χ0n) is 31.8. The van der Waals surface area contributed by atoms with Crippen molar-refractivity contribution in [2.75, 3.05) is 0 Å². The Hall–Kier alpha value is -1.57. The molecule has 2 heteroatoms. The van der Waals surface area contributed by atoms with Gasteiger partial charge < -0.3 is 4.57 Å². The second-order valence-electron chi connectivity index (χ2n) is 15.2. The van der Waals surface area contributed by atoms with Crippen molar-refractivity contribution in [3.8, 4) is 0 Å². The summed E-state index contributed by atoms with van der Waals surface area (Å²) in [7, 11) is 0. The van der Waals surface area contributed by atoms with Crippen LogP contribution in [0.3, 0.4) is 0 Å². The molecule has 0 radical (unpaired) electrons. The van der Waals surface area contributed by atoms with Crippen LogP contribution in [0.15, 0.2) is 49.1 Å². The van der Waals surface area contributed by atoms with E-state index in [9.17, 15) is 0 Å². The summed E-state index contributed by atoms with van der Waals surface area (Å²) in [6.07, 6.45) is 51.7. The van der Waals surface area contributed by atoms with Gasteiger partial charge in [0.15, 0.2) is 0 Å². The van der Waals surface area contributed by atoms with E-state index in [1.807, 2.05) is 6.20 Å². The van der Waals surface area contributed by atoms with E-state index >= 15 is 0 Å². The molecule has 0 bridgehead atoms. The van der Waals surface area contributed by atoms with Crippen LogP contribution in [-0.4, -0.2) is 9.55 Å². The van der Waals surface area contributed by atoms with Crippen molar-refractivity contribution in [2.45, 2.75) is 225 Å². The van der Waals surface area contributed by atoms with Gasteiger partial charge in [-0.15, -0.1) is 0 Å². The van der Waals surface area contributed by atoms with Gasteiger partial charge in [-0.25, -0.2) is 4.98 Å². The maximum absolute atomic E-state index is 4.49. The second kappa shape index (κ2) is 31.7. The summed E-state index contributed by atoms with van der Waals surface area (Å²) < 4.78 is 2.46. The van der Waals surface area contributed by atoms with Crippen molar-refractivity contribution in [1.29, 1.82) is 0 Å². The lowest BCUT2D eigenvalue weighted by Crippen LogP contribution is -2.21. The summed E-state index contributed by atoms with van der Waals surface area (Å²) in [5.41, 5.74) is 1.50. The van der Waals surface area contributed by atoms with Gasteiger partial charge >= 0.3 is 0 Å². The molecule has 0 saturated heterocycles. The molecule has 0 spiro atoms. The molecule has 0 aliphatic rings.